The topological polar surface area (TPSA) is 277 Å². The van der Waals surface area contributed by atoms with Gasteiger partial charge in [0.1, 0.15) is 18.1 Å². The molecule has 0 aliphatic heterocycles. The highest BCUT2D eigenvalue weighted by Gasteiger charge is 2.30. The van der Waals surface area contributed by atoms with Crippen LogP contribution >= 0.6 is 0 Å². The number of aliphatic hydroxyl groups is 1. The van der Waals surface area contributed by atoms with Crippen LogP contribution in [0.15, 0.2) is 0 Å². The number of aliphatic hydroxyl groups excluding tert-OH is 1. The smallest absolute Gasteiger partial charge is 0.326 e. The fourth-order valence-corrected chi connectivity index (χ4v) is 2.74. The van der Waals surface area contributed by atoms with Gasteiger partial charge in [-0.1, -0.05) is 6.42 Å². The molecule has 0 fully saturated rings. The number of unbranched alkanes of at least 4 members (excludes halogenated alkanes) is 1. The summed E-state index contributed by atoms with van der Waals surface area (Å²) in [5.74, 6) is -6.32. The number of carboxylic acids is 2. The van der Waals surface area contributed by atoms with Crippen LogP contribution < -0.4 is 33.2 Å². The Morgan fingerprint density at radius 2 is 1.26 bits per heavy atom. The van der Waals surface area contributed by atoms with Crippen LogP contribution in [0.3, 0.4) is 0 Å². The molecule has 0 rings (SSSR count). The van der Waals surface area contributed by atoms with Crippen LogP contribution in [0.4, 0.5) is 0 Å². The summed E-state index contributed by atoms with van der Waals surface area (Å²) in [6.07, 6.45) is -0.143. The first kappa shape index (κ1) is 30.7. The number of aliphatic carboxylic acids is 2. The summed E-state index contributed by atoms with van der Waals surface area (Å²) in [6.45, 7) is -0.433. The van der Waals surface area contributed by atoms with E-state index in [2.05, 4.69) is 16.0 Å². The lowest BCUT2D eigenvalue weighted by Gasteiger charge is -2.24. The summed E-state index contributed by atoms with van der Waals surface area (Å²) in [6, 6.07) is -5.51. The highest BCUT2D eigenvalue weighted by Crippen LogP contribution is 2.04. The Hall–Kier alpha value is -3.30. The van der Waals surface area contributed by atoms with Gasteiger partial charge in [-0.15, -0.1) is 0 Å². The molecule has 4 amide bonds. The molecule has 34 heavy (non-hydrogen) atoms. The van der Waals surface area contributed by atoms with Crippen LogP contribution in [0.25, 0.3) is 0 Å². The monoisotopic (exact) mass is 490 g/mol. The van der Waals surface area contributed by atoms with Crippen LogP contribution in [0.2, 0.25) is 0 Å². The molecule has 0 spiro atoms. The molecule has 0 aromatic rings. The van der Waals surface area contributed by atoms with Gasteiger partial charge in [-0.2, -0.15) is 0 Å². The molecule has 0 aromatic carbocycles. The lowest BCUT2D eigenvalue weighted by atomic mass is 10.1. The van der Waals surface area contributed by atoms with Gasteiger partial charge in [0.05, 0.1) is 12.6 Å². The number of carboxylic acid groups (broad SMARTS) is 2. The average Bonchev–Trinajstić information content (AvgIpc) is 2.76. The highest BCUT2D eigenvalue weighted by molar-refractivity contribution is 5.94. The SMILES string of the molecule is NCCCCC(N)C(=O)NC(CO)C(=O)NC(CCC(=O)O)C(=O)NC(CCC(N)=O)C(=O)O. The molecule has 15 nitrogen and oxygen atoms in total. The number of rotatable bonds is 18. The minimum Gasteiger partial charge on any atom is -0.481 e. The van der Waals surface area contributed by atoms with Gasteiger partial charge >= 0.3 is 11.9 Å². The largest absolute Gasteiger partial charge is 0.481 e. The molecule has 0 aliphatic carbocycles. The lowest BCUT2D eigenvalue weighted by molar-refractivity contribution is -0.143. The Morgan fingerprint density at radius 3 is 1.76 bits per heavy atom. The third kappa shape index (κ3) is 12.7. The zero-order chi connectivity index (χ0) is 26.3. The summed E-state index contributed by atoms with van der Waals surface area (Å²) >= 11 is 0. The minimum absolute atomic E-state index is 0.286. The molecule has 4 atom stereocenters. The van der Waals surface area contributed by atoms with Gasteiger partial charge in [-0.25, -0.2) is 4.79 Å². The number of nitrogens with two attached hydrogens (primary N) is 3. The van der Waals surface area contributed by atoms with E-state index in [9.17, 15) is 39.0 Å². The highest BCUT2D eigenvalue weighted by atomic mass is 16.4. The van der Waals surface area contributed by atoms with Crippen molar-refractivity contribution in [3.63, 3.8) is 0 Å². The van der Waals surface area contributed by atoms with E-state index in [1.54, 1.807) is 0 Å². The van der Waals surface area contributed by atoms with E-state index in [1.807, 2.05) is 0 Å². The second-order valence-electron chi connectivity index (χ2n) is 7.53. The summed E-state index contributed by atoms with van der Waals surface area (Å²) < 4.78 is 0. The van der Waals surface area contributed by atoms with Crippen molar-refractivity contribution < 1.29 is 44.1 Å². The fraction of sp³-hybridized carbons (Fsp3) is 0.684. The van der Waals surface area contributed by atoms with Gasteiger partial charge in [0.2, 0.25) is 23.6 Å². The van der Waals surface area contributed by atoms with Crippen LogP contribution in [0, 0.1) is 0 Å². The van der Waals surface area contributed by atoms with Crippen LogP contribution in [0.1, 0.15) is 44.9 Å². The summed E-state index contributed by atoms with van der Waals surface area (Å²) in [5.41, 5.74) is 16.1. The van der Waals surface area contributed by atoms with E-state index in [0.29, 0.717) is 19.4 Å². The molecule has 0 heterocycles. The summed E-state index contributed by atoms with van der Waals surface area (Å²) in [7, 11) is 0. The Kier molecular flexibility index (Phi) is 14.7. The van der Waals surface area contributed by atoms with Crippen molar-refractivity contribution in [1.29, 1.82) is 0 Å². The zero-order valence-corrected chi connectivity index (χ0v) is 18.7. The minimum atomic E-state index is -1.52. The van der Waals surface area contributed by atoms with E-state index in [4.69, 9.17) is 22.3 Å². The number of hydrogen-bond acceptors (Lipinski definition) is 9. The maximum atomic E-state index is 12.6. The number of carbonyl (C=O) groups excluding carboxylic acids is 4. The van der Waals surface area contributed by atoms with E-state index in [0.717, 1.165) is 0 Å². The van der Waals surface area contributed by atoms with Crippen LogP contribution in [0.5, 0.6) is 0 Å². The normalized spacial score (nSPS) is 14.2. The lowest BCUT2D eigenvalue weighted by Crippen LogP contribution is -2.58. The van der Waals surface area contributed by atoms with Crippen LogP contribution in [-0.4, -0.2) is 88.2 Å². The Bertz CT molecular complexity index is 733. The molecule has 0 aliphatic rings. The van der Waals surface area contributed by atoms with Gasteiger partial charge in [0, 0.05) is 12.8 Å². The first-order chi connectivity index (χ1) is 15.9. The number of carbonyl (C=O) groups is 6. The molecule has 194 valence electrons. The van der Waals surface area contributed by atoms with Crippen molar-refractivity contribution in [2.24, 2.45) is 17.2 Å². The van der Waals surface area contributed by atoms with Crippen molar-refractivity contribution in [3.8, 4) is 0 Å². The standard InChI is InChI=1S/C19H34N6O9/c20-8-2-1-3-10(21)16(30)25-13(9-26)18(32)23-11(5-7-15(28)29)17(31)24-12(19(33)34)4-6-14(22)27/h10-13,26H,1-9,20-21H2,(H2,22,27)(H,23,32)(H,24,31)(H,25,30)(H,28,29)(H,33,34). The molecule has 0 saturated carbocycles. The van der Waals surface area contributed by atoms with Crippen molar-refractivity contribution >= 4 is 35.6 Å². The van der Waals surface area contributed by atoms with E-state index >= 15 is 0 Å². The quantitative estimate of drug-likeness (QED) is 0.0837. The molecule has 0 aromatic heterocycles. The van der Waals surface area contributed by atoms with Crippen molar-refractivity contribution in [2.75, 3.05) is 13.2 Å². The number of hydrogen-bond donors (Lipinski definition) is 9. The Balaban J connectivity index is 5.27. The van der Waals surface area contributed by atoms with Crippen molar-refractivity contribution in [2.45, 2.75) is 69.1 Å². The molecule has 15 heteroatoms. The predicted molar refractivity (Wildman–Crippen MR) is 117 cm³/mol. The average molecular weight is 491 g/mol. The second kappa shape index (κ2) is 16.3. The molecular formula is C19H34N6O9. The maximum Gasteiger partial charge on any atom is 0.326 e. The van der Waals surface area contributed by atoms with Gasteiger partial charge in [0.25, 0.3) is 0 Å². The summed E-state index contributed by atoms with van der Waals surface area (Å²) in [5, 5.41) is 34.2. The third-order valence-corrected chi connectivity index (χ3v) is 4.70. The maximum absolute atomic E-state index is 12.6. The third-order valence-electron chi connectivity index (χ3n) is 4.70. The van der Waals surface area contributed by atoms with E-state index in [1.165, 1.54) is 0 Å². The number of amides is 4. The van der Waals surface area contributed by atoms with Crippen molar-refractivity contribution in [1.82, 2.24) is 16.0 Å². The zero-order valence-electron chi connectivity index (χ0n) is 18.7. The van der Waals surface area contributed by atoms with Crippen molar-refractivity contribution in [3.05, 3.63) is 0 Å². The Labute approximate surface area is 195 Å². The second-order valence-corrected chi connectivity index (χ2v) is 7.53. The van der Waals surface area contributed by atoms with Gasteiger partial charge < -0.3 is 48.5 Å². The molecule has 12 N–H and O–H groups in total. The number of primary amides is 1. The predicted octanol–water partition coefficient (Wildman–Crippen LogP) is -3.90. The fourth-order valence-electron chi connectivity index (χ4n) is 2.74. The van der Waals surface area contributed by atoms with E-state index in [-0.39, 0.29) is 19.3 Å². The first-order valence-electron chi connectivity index (χ1n) is 10.6. The molecule has 0 saturated heterocycles. The van der Waals surface area contributed by atoms with Gasteiger partial charge in [-0.05, 0) is 32.2 Å². The number of nitrogens with one attached hydrogen (secondary N) is 3. The van der Waals surface area contributed by atoms with E-state index < -0.39 is 79.2 Å². The molecule has 4 unspecified atom stereocenters. The molecule has 0 bridgehead atoms. The summed E-state index contributed by atoms with van der Waals surface area (Å²) in [4.78, 5) is 70.5. The van der Waals surface area contributed by atoms with Crippen LogP contribution in [-0.2, 0) is 28.8 Å². The molecular weight excluding hydrogens is 456 g/mol. The van der Waals surface area contributed by atoms with Gasteiger partial charge in [0.15, 0.2) is 0 Å². The first-order valence-corrected chi connectivity index (χ1v) is 10.6. The Morgan fingerprint density at radius 1 is 0.735 bits per heavy atom. The van der Waals surface area contributed by atoms with Gasteiger partial charge in [-0.3, -0.25) is 24.0 Å². The molecule has 0 radical (unpaired) electrons.